The number of Topliss-reactive ketones (excluding diaryl/α,β-unsaturated/α-hetero) is 2. The van der Waals surface area contributed by atoms with E-state index in [2.05, 4.69) is 13.8 Å². The van der Waals surface area contributed by atoms with E-state index < -0.39 is 6.10 Å². The maximum atomic E-state index is 12.6. The third-order valence-corrected chi connectivity index (χ3v) is 4.18. The Bertz CT molecular complexity index is 872. The molecule has 0 aromatic heterocycles. The Balaban J connectivity index is 0.000000278. The molecule has 0 fully saturated rings. The molecule has 3 nitrogen and oxygen atoms in total. The van der Waals surface area contributed by atoms with Crippen LogP contribution in [0.5, 0.6) is 0 Å². The Hall–Kier alpha value is -3.04. The van der Waals surface area contributed by atoms with Crippen molar-refractivity contribution in [1.29, 1.82) is 0 Å². The molecule has 0 N–H and O–H groups in total. The third kappa shape index (κ3) is 7.47. The first-order valence-corrected chi connectivity index (χ1v) is 9.80. The first-order valence-electron chi connectivity index (χ1n) is 9.80. The predicted molar refractivity (Wildman–Crippen MR) is 117 cm³/mol. The fourth-order valence-electron chi connectivity index (χ4n) is 2.67. The van der Waals surface area contributed by atoms with Gasteiger partial charge in [0.2, 0.25) is 0 Å². The molecule has 1 unspecified atom stereocenters. The van der Waals surface area contributed by atoms with Crippen LogP contribution in [0.25, 0.3) is 0 Å². The smallest absolute Gasteiger partial charge is 0.196 e. The van der Waals surface area contributed by atoms with Crippen molar-refractivity contribution in [2.75, 3.05) is 6.61 Å². The lowest BCUT2D eigenvalue weighted by Crippen LogP contribution is -2.18. The Morgan fingerprint density at radius 2 is 1.17 bits per heavy atom. The number of carbonyl (C=O) groups excluding carboxylic acids is 2. The van der Waals surface area contributed by atoms with E-state index in [4.69, 9.17) is 4.74 Å². The van der Waals surface area contributed by atoms with Crippen molar-refractivity contribution < 1.29 is 14.3 Å². The van der Waals surface area contributed by atoms with Crippen LogP contribution < -0.4 is 0 Å². The van der Waals surface area contributed by atoms with Crippen molar-refractivity contribution in [3.8, 4) is 0 Å². The number of hydrogen-bond acceptors (Lipinski definition) is 3. The van der Waals surface area contributed by atoms with Gasteiger partial charge in [0.1, 0.15) is 6.10 Å². The summed E-state index contributed by atoms with van der Waals surface area (Å²) in [7, 11) is 0. The van der Waals surface area contributed by atoms with Crippen LogP contribution >= 0.6 is 0 Å². The topological polar surface area (TPSA) is 43.4 Å². The van der Waals surface area contributed by atoms with E-state index >= 15 is 0 Å². The molecular formula is C26H28O3. The summed E-state index contributed by atoms with van der Waals surface area (Å²) in [5.41, 5.74) is 2.37. The average molecular weight is 389 g/mol. The Labute approximate surface area is 173 Å². The number of hydrogen-bond donors (Lipinski definition) is 0. The van der Waals surface area contributed by atoms with Gasteiger partial charge in [-0.3, -0.25) is 9.59 Å². The highest BCUT2D eigenvalue weighted by atomic mass is 16.5. The molecule has 0 radical (unpaired) electrons. The lowest BCUT2D eigenvalue weighted by atomic mass is 10.00. The number of ether oxygens (including phenoxy) is 1. The average Bonchev–Trinajstić information content (AvgIpc) is 2.76. The highest BCUT2D eigenvalue weighted by Gasteiger charge is 2.22. The van der Waals surface area contributed by atoms with Gasteiger partial charge >= 0.3 is 0 Å². The van der Waals surface area contributed by atoms with Gasteiger partial charge in [-0.25, -0.2) is 0 Å². The lowest BCUT2D eigenvalue weighted by molar-refractivity contribution is 0.0308. The molecule has 0 heterocycles. The number of benzene rings is 3. The summed E-state index contributed by atoms with van der Waals surface area (Å²) in [4.78, 5) is 23.3. The summed E-state index contributed by atoms with van der Waals surface area (Å²) in [6.45, 7) is 6.29. The maximum absolute atomic E-state index is 12.6. The van der Waals surface area contributed by atoms with Gasteiger partial charge in [-0.05, 0) is 18.4 Å². The van der Waals surface area contributed by atoms with Crippen LogP contribution in [0.1, 0.15) is 53.2 Å². The van der Waals surface area contributed by atoms with Crippen LogP contribution in [0.4, 0.5) is 0 Å². The van der Waals surface area contributed by atoms with Gasteiger partial charge in [0.15, 0.2) is 11.6 Å². The van der Waals surface area contributed by atoms with Crippen molar-refractivity contribution in [3.05, 3.63) is 108 Å². The van der Waals surface area contributed by atoms with Gasteiger partial charge in [-0.1, -0.05) is 105 Å². The van der Waals surface area contributed by atoms with Crippen molar-refractivity contribution in [2.45, 2.75) is 26.9 Å². The van der Waals surface area contributed by atoms with E-state index in [1.54, 1.807) is 6.92 Å². The van der Waals surface area contributed by atoms with Crippen molar-refractivity contribution >= 4 is 11.6 Å². The van der Waals surface area contributed by atoms with Crippen LogP contribution in [0.3, 0.4) is 0 Å². The Morgan fingerprint density at radius 3 is 1.59 bits per heavy atom. The Kier molecular flexibility index (Phi) is 9.00. The molecule has 29 heavy (non-hydrogen) atoms. The summed E-state index contributed by atoms with van der Waals surface area (Å²) in [6.07, 6.45) is -0.527. The standard InChI is InChI=1S/C18H20O2.C8H8O/c1-14(2)13-20-18(16-11-7-4-8-12-16)17(19)15-9-5-3-6-10-15;1-7(9)8-5-3-2-4-6-8/h3-12,14,18H,13H2,1-2H3;2-6H,1H3. The summed E-state index contributed by atoms with van der Waals surface area (Å²) in [5, 5.41) is 0. The zero-order valence-electron chi connectivity index (χ0n) is 17.2. The summed E-state index contributed by atoms with van der Waals surface area (Å²) in [5.74, 6) is 0.526. The van der Waals surface area contributed by atoms with E-state index in [0.29, 0.717) is 18.1 Å². The summed E-state index contributed by atoms with van der Waals surface area (Å²) >= 11 is 0. The maximum Gasteiger partial charge on any atom is 0.196 e. The van der Waals surface area contributed by atoms with Gasteiger partial charge in [-0.15, -0.1) is 0 Å². The monoisotopic (exact) mass is 388 g/mol. The zero-order valence-corrected chi connectivity index (χ0v) is 17.2. The second-order valence-corrected chi connectivity index (χ2v) is 7.17. The molecule has 0 saturated heterocycles. The van der Waals surface area contributed by atoms with E-state index in [0.717, 1.165) is 11.1 Å². The van der Waals surface area contributed by atoms with Crippen LogP contribution in [-0.4, -0.2) is 18.2 Å². The van der Waals surface area contributed by atoms with E-state index in [1.165, 1.54) is 0 Å². The van der Waals surface area contributed by atoms with Crippen LogP contribution in [0.2, 0.25) is 0 Å². The molecule has 0 spiro atoms. The van der Waals surface area contributed by atoms with Crippen molar-refractivity contribution in [2.24, 2.45) is 5.92 Å². The summed E-state index contributed by atoms with van der Waals surface area (Å²) < 4.78 is 5.86. The number of ketones is 2. The molecule has 0 saturated carbocycles. The van der Waals surface area contributed by atoms with Gasteiger partial charge in [-0.2, -0.15) is 0 Å². The molecule has 150 valence electrons. The normalized spacial score (nSPS) is 11.3. The third-order valence-electron chi connectivity index (χ3n) is 4.18. The van der Waals surface area contributed by atoms with Gasteiger partial charge < -0.3 is 4.74 Å². The van der Waals surface area contributed by atoms with E-state index in [-0.39, 0.29) is 11.6 Å². The minimum absolute atomic E-state index is 0.0115. The molecular weight excluding hydrogens is 360 g/mol. The van der Waals surface area contributed by atoms with E-state index in [1.807, 2.05) is 91.0 Å². The second-order valence-electron chi connectivity index (χ2n) is 7.17. The highest BCUT2D eigenvalue weighted by molar-refractivity contribution is 6.00. The molecule has 1 atom stereocenters. The molecule has 3 heteroatoms. The van der Waals surface area contributed by atoms with Crippen molar-refractivity contribution in [3.63, 3.8) is 0 Å². The quantitative estimate of drug-likeness (QED) is 0.454. The molecule has 0 aliphatic heterocycles. The SMILES string of the molecule is CC(=O)c1ccccc1.CC(C)COC(C(=O)c1ccccc1)c1ccccc1. The van der Waals surface area contributed by atoms with Gasteiger partial charge in [0.05, 0.1) is 6.61 Å². The van der Waals surface area contributed by atoms with Gasteiger partial charge in [0, 0.05) is 11.1 Å². The first-order chi connectivity index (χ1) is 14.0. The zero-order chi connectivity index (χ0) is 21.1. The molecule has 3 aromatic carbocycles. The largest absolute Gasteiger partial charge is 0.365 e. The minimum Gasteiger partial charge on any atom is -0.365 e. The molecule has 3 rings (SSSR count). The minimum atomic E-state index is -0.527. The first kappa shape index (κ1) is 22.3. The van der Waals surface area contributed by atoms with Crippen LogP contribution in [0.15, 0.2) is 91.0 Å². The molecule has 0 amide bonds. The molecule has 3 aromatic rings. The van der Waals surface area contributed by atoms with Crippen LogP contribution in [0, 0.1) is 5.92 Å². The molecule has 0 aliphatic carbocycles. The number of carbonyl (C=O) groups is 2. The highest BCUT2D eigenvalue weighted by Crippen LogP contribution is 2.23. The molecule has 0 aliphatic rings. The fourth-order valence-corrected chi connectivity index (χ4v) is 2.67. The predicted octanol–water partition coefficient (Wildman–Crippen LogP) is 6.17. The van der Waals surface area contributed by atoms with Crippen LogP contribution in [-0.2, 0) is 4.74 Å². The lowest BCUT2D eigenvalue weighted by Gasteiger charge is -2.18. The number of rotatable bonds is 7. The fraction of sp³-hybridized carbons (Fsp3) is 0.231. The second kappa shape index (κ2) is 11.7. The van der Waals surface area contributed by atoms with Gasteiger partial charge in [0.25, 0.3) is 0 Å². The Morgan fingerprint density at radius 1 is 0.724 bits per heavy atom. The van der Waals surface area contributed by atoms with E-state index in [9.17, 15) is 9.59 Å². The van der Waals surface area contributed by atoms with Crippen molar-refractivity contribution in [1.82, 2.24) is 0 Å². The summed E-state index contributed by atoms with van der Waals surface area (Å²) in [6, 6.07) is 28.2. The molecule has 0 bridgehead atoms.